The number of aryl methyl sites for hydroxylation is 1. The lowest BCUT2D eigenvalue weighted by Gasteiger charge is -2.21. The molecular weight excluding hydrogens is 348 g/mol. The summed E-state index contributed by atoms with van der Waals surface area (Å²) < 4.78 is 10.5. The number of methoxy groups -OCH3 is 1. The van der Waals surface area contributed by atoms with Gasteiger partial charge in [0.05, 0.1) is 31.5 Å². The van der Waals surface area contributed by atoms with Crippen molar-refractivity contribution in [1.82, 2.24) is 9.88 Å². The number of ether oxygens (including phenoxy) is 1. The number of thiazole rings is 1. The zero-order valence-corrected chi connectivity index (χ0v) is 15.8. The number of benzene rings is 1. The topological polar surface area (TPSA) is 55.6 Å². The first-order valence-electron chi connectivity index (χ1n) is 8.46. The first kappa shape index (κ1) is 18.4. The number of carbonyl (C=O) groups is 1. The molecule has 0 aliphatic carbocycles. The Morgan fingerprint density at radius 1 is 1.31 bits per heavy atom. The summed E-state index contributed by atoms with van der Waals surface area (Å²) in [6.07, 6.45) is 1.88. The van der Waals surface area contributed by atoms with Gasteiger partial charge in [0.15, 0.2) is 0 Å². The van der Waals surface area contributed by atoms with Crippen LogP contribution in [0.25, 0.3) is 10.6 Å². The highest BCUT2D eigenvalue weighted by Gasteiger charge is 2.17. The average Bonchev–Trinajstić information content (AvgIpc) is 3.30. The van der Waals surface area contributed by atoms with Gasteiger partial charge in [0.25, 0.3) is 0 Å². The summed E-state index contributed by atoms with van der Waals surface area (Å²) in [6, 6.07) is 11.9. The molecule has 1 amide bonds. The number of aromatic nitrogens is 1. The minimum atomic E-state index is 0.0135. The maximum atomic E-state index is 12.7. The average molecular weight is 370 g/mol. The van der Waals surface area contributed by atoms with Crippen LogP contribution in [-0.4, -0.2) is 36.1 Å². The molecule has 0 spiro atoms. The number of hydrogen-bond donors (Lipinski definition) is 0. The van der Waals surface area contributed by atoms with Crippen molar-refractivity contribution in [2.45, 2.75) is 19.9 Å². The Kier molecular flexibility index (Phi) is 6.20. The summed E-state index contributed by atoms with van der Waals surface area (Å²) in [6.45, 7) is 3.50. The Labute approximate surface area is 157 Å². The van der Waals surface area contributed by atoms with Crippen LogP contribution in [0.3, 0.4) is 0 Å². The van der Waals surface area contributed by atoms with E-state index in [9.17, 15) is 4.79 Å². The fraction of sp³-hybridized carbons (Fsp3) is 0.300. The van der Waals surface area contributed by atoms with Crippen LogP contribution in [0.15, 0.2) is 52.5 Å². The molecule has 3 rings (SSSR count). The largest absolute Gasteiger partial charge is 0.467 e. The molecule has 5 nitrogen and oxygen atoms in total. The van der Waals surface area contributed by atoms with Gasteiger partial charge in [-0.05, 0) is 25.1 Å². The SMILES string of the molecule is COCCN(Cc1ccco1)C(=O)Cc1csc(-c2cccc(C)c2)n1. The third-order valence-corrected chi connectivity index (χ3v) is 4.93. The van der Waals surface area contributed by atoms with E-state index in [0.717, 1.165) is 22.0 Å². The van der Waals surface area contributed by atoms with Gasteiger partial charge in [0.2, 0.25) is 5.91 Å². The summed E-state index contributed by atoms with van der Waals surface area (Å²) in [5.41, 5.74) is 3.07. The first-order valence-corrected chi connectivity index (χ1v) is 9.34. The molecule has 0 aliphatic heterocycles. The van der Waals surface area contributed by atoms with Crippen LogP contribution in [-0.2, 0) is 22.5 Å². The van der Waals surface area contributed by atoms with E-state index in [1.165, 1.54) is 5.56 Å². The van der Waals surface area contributed by atoms with Crippen molar-refractivity contribution in [1.29, 1.82) is 0 Å². The molecule has 1 aromatic carbocycles. The Balaban J connectivity index is 1.68. The van der Waals surface area contributed by atoms with Gasteiger partial charge in [0, 0.05) is 24.6 Å². The molecule has 0 radical (unpaired) electrons. The monoisotopic (exact) mass is 370 g/mol. The number of amides is 1. The van der Waals surface area contributed by atoms with Crippen molar-refractivity contribution in [3.05, 3.63) is 65.1 Å². The van der Waals surface area contributed by atoms with Gasteiger partial charge >= 0.3 is 0 Å². The second-order valence-electron chi connectivity index (χ2n) is 6.08. The molecule has 26 heavy (non-hydrogen) atoms. The number of rotatable bonds is 8. The number of nitrogens with zero attached hydrogens (tertiary/aromatic N) is 2. The third kappa shape index (κ3) is 4.80. The van der Waals surface area contributed by atoms with Gasteiger partial charge in [-0.1, -0.05) is 23.8 Å². The van der Waals surface area contributed by atoms with E-state index < -0.39 is 0 Å². The van der Waals surface area contributed by atoms with Crippen molar-refractivity contribution in [2.75, 3.05) is 20.3 Å². The number of carbonyl (C=O) groups excluding carboxylic acids is 1. The van der Waals surface area contributed by atoms with Gasteiger partial charge < -0.3 is 14.1 Å². The summed E-state index contributed by atoms with van der Waals surface area (Å²) in [7, 11) is 1.63. The third-order valence-electron chi connectivity index (χ3n) is 3.99. The molecule has 3 aromatic rings. The maximum Gasteiger partial charge on any atom is 0.229 e. The summed E-state index contributed by atoms with van der Waals surface area (Å²) in [5, 5.41) is 2.89. The lowest BCUT2D eigenvalue weighted by atomic mass is 10.1. The molecule has 0 fully saturated rings. The van der Waals surface area contributed by atoms with Crippen molar-refractivity contribution in [3.63, 3.8) is 0 Å². The second kappa shape index (κ2) is 8.78. The van der Waals surface area contributed by atoms with Crippen LogP contribution in [0.1, 0.15) is 17.0 Å². The van der Waals surface area contributed by atoms with E-state index in [4.69, 9.17) is 9.15 Å². The fourth-order valence-corrected chi connectivity index (χ4v) is 3.47. The molecule has 0 atom stereocenters. The number of furan rings is 1. The Bertz CT molecular complexity index is 842. The van der Waals surface area contributed by atoms with Crippen LogP contribution >= 0.6 is 11.3 Å². The van der Waals surface area contributed by atoms with Gasteiger partial charge in [-0.15, -0.1) is 11.3 Å². The zero-order chi connectivity index (χ0) is 18.4. The summed E-state index contributed by atoms with van der Waals surface area (Å²) in [5.74, 6) is 0.771. The first-order chi connectivity index (χ1) is 12.7. The minimum Gasteiger partial charge on any atom is -0.467 e. The normalized spacial score (nSPS) is 10.8. The fourth-order valence-electron chi connectivity index (χ4n) is 2.65. The predicted molar refractivity (Wildman–Crippen MR) is 102 cm³/mol. The van der Waals surface area contributed by atoms with Gasteiger partial charge in [-0.2, -0.15) is 0 Å². The predicted octanol–water partition coefficient (Wildman–Crippen LogP) is 3.93. The molecular formula is C20H22N2O3S. The Morgan fingerprint density at radius 3 is 2.92 bits per heavy atom. The van der Waals surface area contributed by atoms with E-state index in [1.807, 2.05) is 29.6 Å². The Hall–Kier alpha value is -2.44. The summed E-state index contributed by atoms with van der Waals surface area (Å²) >= 11 is 1.56. The Morgan fingerprint density at radius 2 is 2.19 bits per heavy atom. The molecule has 0 unspecified atom stereocenters. The lowest BCUT2D eigenvalue weighted by molar-refractivity contribution is -0.132. The molecule has 0 N–H and O–H groups in total. The standard InChI is InChI=1S/C20H22N2O3S/c1-15-5-3-6-16(11-15)20-21-17(14-26-20)12-19(23)22(8-10-24-2)13-18-7-4-9-25-18/h3-7,9,11,14H,8,10,12-13H2,1-2H3. The molecule has 2 aromatic heterocycles. The highest BCUT2D eigenvalue weighted by atomic mass is 32.1. The van der Waals surface area contributed by atoms with Crippen molar-refractivity contribution < 1.29 is 13.9 Å². The van der Waals surface area contributed by atoms with Crippen LogP contribution in [0.2, 0.25) is 0 Å². The summed E-state index contributed by atoms with van der Waals surface area (Å²) in [4.78, 5) is 19.1. The van der Waals surface area contributed by atoms with E-state index in [2.05, 4.69) is 24.0 Å². The van der Waals surface area contributed by atoms with Gasteiger partial charge in [-0.3, -0.25) is 4.79 Å². The highest BCUT2D eigenvalue weighted by molar-refractivity contribution is 7.13. The maximum absolute atomic E-state index is 12.7. The van der Waals surface area contributed by atoms with Crippen molar-refractivity contribution >= 4 is 17.2 Å². The van der Waals surface area contributed by atoms with Crippen LogP contribution in [0, 0.1) is 6.92 Å². The van der Waals surface area contributed by atoms with E-state index in [1.54, 1.807) is 29.6 Å². The highest BCUT2D eigenvalue weighted by Crippen LogP contribution is 2.25. The van der Waals surface area contributed by atoms with Crippen molar-refractivity contribution in [2.24, 2.45) is 0 Å². The second-order valence-corrected chi connectivity index (χ2v) is 6.94. The van der Waals surface area contributed by atoms with E-state index in [0.29, 0.717) is 19.7 Å². The smallest absolute Gasteiger partial charge is 0.229 e. The van der Waals surface area contributed by atoms with Crippen LogP contribution in [0.4, 0.5) is 0 Å². The van der Waals surface area contributed by atoms with Gasteiger partial charge in [-0.25, -0.2) is 4.98 Å². The molecule has 0 bridgehead atoms. The number of hydrogen-bond acceptors (Lipinski definition) is 5. The van der Waals surface area contributed by atoms with Crippen LogP contribution in [0.5, 0.6) is 0 Å². The van der Waals surface area contributed by atoms with Crippen LogP contribution < -0.4 is 0 Å². The molecule has 0 aliphatic rings. The molecule has 2 heterocycles. The van der Waals surface area contributed by atoms with E-state index in [-0.39, 0.29) is 12.3 Å². The lowest BCUT2D eigenvalue weighted by Crippen LogP contribution is -2.34. The molecule has 136 valence electrons. The molecule has 6 heteroatoms. The van der Waals surface area contributed by atoms with Gasteiger partial charge in [0.1, 0.15) is 10.8 Å². The van der Waals surface area contributed by atoms with Crippen molar-refractivity contribution in [3.8, 4) is 10.6 Å². The quantitative estimate of drug-likeness (QED) is 0.603. The zero-order valence-electron chi connectivity index (χ0n) is 15.0. The molecule has 0 saturated heterocycles. The molecule has 0 saturated carbocycles. The minimum absolute atomic E-state index is 0.0135. The van der Waals surface area contributed by atoms with E-state index >= 15 is 0 Å².